The first kappa shape index (κ1) is 7.25. The number of fused-ring (bicyclic) bond motifs is 1. The van der Waals surface area contributed by atoms with Gasteiger partial charge in [-0.3, -0.25) is 0 Å². The van der Waals surface area contributed by atoms with Crippen LogP contribution in [0.4, 0.5) is 0 Å². The minimum Gasteiger partial charge on any atom is -0.375 e. The molecule has 0 unspecified atom stereocenters. The first-order chi connectivity index (χ1) is 5.40. The van der Waals surface area contributed by atoms with Crippen LogP contribution in [0.1, 0.15) is 22.5 Å². The summed E-state index contributed by atoms with van der Waals surface area (Å²) < 4.78 is 5.30. The Labute approximate surface area is 70.2 Å². The number of aryl methyl sites for hydroxylation is 1. The van der Waals surface area contributed by atoms with Crippen molar-refractivity contribution in [2.45, 2.75) is 26.4 Å². The number of rotatable bonds is 1. The van der Waals surface area contributed by atoms with Gasteiger partial charge in [0, 0.05) is 11.3 Å². The fourth-order valence-corrected chi connectivity index (χ4v) is 2.22. The molecule has 3 heteroatoms. The van der Waals surface area contributed by atoms with E-state index in [1.807, 2.05) is 11.3 Å². The summed E-state index contributed by atoms with van der Waals surface area (Å²) in [6.45, 7) is 3.75. The summed E-state index contributed by atoms with van der Waals surface area (Å²) in [7, 11) is 0. The molecule has 11 heavy (non-hydrogen) atoms. The van der Waals surface area contributed by atoms with E-state index in [0.717, 1.165) is 26.1 Å². The fourth-order valence-electron chi connectivity index (χ4n) is 1.23. The zero-order valence-electron chi connectivity index (χ0n) is 6.59. The summed E-state index contributed by atoms with van der Waals surface area (Å²) in [5.74, 6) is 0. The van der Waals surface area contributed by atoms with E-state index < -0.39 is 0 Å². The molecule has 0 saturated carbocycles. The fraction of sp³-hybridized carbons (Fsp3) is 0.625. The summed E-state index contributed by atoms with van der Waals surface area (Å²) >= 11 is 1.84. The molecule has 1 aliphatic heterocycles. The minimum atomic E-state index is 0.728. The molecule has 60 valence electrons. The van der Waals surface area contributed by atoms with E-state index in [1.54, 1.807) is 0 Å². The highest BCUT2D eigenvalue weighted by Crippen LogP contribution is 2.23. The molecule has 1 aliphatic rings. The molecule has 0 amide bonds. The van der Waals surface area contributed by atoms with Gasteiger partial charge in [-0.15, -0.1) is 11.3 Å². The monoisotopic (exact) mass is 169 g/mol. The normalized spacial score (nSPS) is 16.5. The van der Waals surface area contributed by atoms with Crippen LogP contribution >= 0.6 is 11.3 Å². The maximum absolute atomic E-state index is 5.30. The van der Waals surface area contributed by atoms with Crippen molar-refractivity contribution in [2.24, 2.45) is 0 Å². The lowest BCUT2D eigenvalue weighted by atomic mass is 10.2. The van der Waals surface area contributed by atoms with Gasteiger partial charge in [-0.25, -0.2) is 4.98 Å². The first-order valence-electron chi connectivity index (χ1n) is 3.95. The van der Waals surface area contributed by atoms with Crippen LogP contribution in [-0.2, 0) is 24.2 Å². The van der Waals surface area contributed by atoms with E-state index in [4.69, 9.17) is 4.74 Å². The molecule has 0 fully saturated rings. The van der Waals surface area contributed by atoms with E-state index >= 15 is 0 Å². The Balaban J connectivity index is 2.32. The Morgan fingerprint density at radius 1 is 1.64 bits per heavy atom. The van der Waals surface area contributed by atoms with Crippen LogP contribution in [0.5, 0.6) is 0 Å². The Morgan fingerprint density at radius 3 is 3.27 bits per heavy atom. The van der Waals surface area contributed by atoms with Crippen molar-refractivity contribution in [1.29, 1.82) is 0 Å². The molecular formula is C8H11NOS. The van der Waals surface area contributed by atoms with E-state index in [2.05, 4.69) is 11.9 Å². The molecule has 1 aromatic heterocycles. The average Bonchev–Trinajstić information content (AvgIpc) is 2.46. The Bertz CT molecular complexity index is 233. The van der Waals surface area contributed by atoms with Crippen LogP contribution < -0.4 is 0 Å². The highest BCUT2D eigenvalue weighted by atomic mass is 32.1. The molecule has 2 rings (SSSR count). The van der Waals surface area contributed by atoms with Gasteiger partial charge in [0.1, 0.15) is 0 Å². The van der Waals surface area contributed by atoms with Crippen molar-refractivity contribution in [3.63, 3.8) is 0 Å². The zero-order valence-corrected chi connectivity index (χ0v) is 7.41. The summed E-state index contributed by atoms with van der Waals surface area (Å²) in [6, 6.07) is 0. The summed E-state index contributed by atoms with van der Waals surface area (Å²) in [5, 5.41) is 1.25. The number of nitrogens with zero attached hydrogens (tertiary/aromatic N) is 1. The van der Waals surface area contributed by atoms with Crippen LogP contribution in [0, 0.1) is 0 Å². The van der Waals surface area contributed by atoms with Gasteiger partial charge in [-0.1, -0.05) is 6.92 Å². The number of ether oxygens (including phenoxy) is 1. The number of hydrogen-bond donors (Lipinski definition) is 0. The summed E-state index contributed by atoms with van der Waals surface area (Å²) in [6.07, 6.45) is 2.12. The first-order valence-corrected chi connectivity index (χ1v) is 4.77. The number of thiazole rings is 1. The van der Waals surface area contributed by atoms with E-state index in [-0.39, 0.29) is 0 Å². The smallest absolute Gasteiger partial charge is 0.0929 e. The van der Waals surface area contributed by atoms with Crippen LogP contribution in [0.3, 0.4) is 0 Å². The van der Waals surface area contributed by atoms with Gasteiger partial charge >= 0.3 is 0 Å². The maximum atomic E-state index is 5.30. The predicted molar refractivity (Wildman–Crippen MR) is 44.9 cm³/mol. The minimum absolute atomic E-state index is 0.728. The second-order valence-electron chi connectivity index (χ2n) is 2.63. The van der Waals surface area contributed by atoms with Gasteiger partial charge in [0.2, 0.25) is 0 Å². The van der Waals surface area contributed by atoms with Crippen molar-refractivity contribution in [3.05, 3.63) is 15.6 Å². The van der Waals surface area contributed by atoms with Crippen molar-refractivity contribution in [3.8, 4) is 0 Å². The lowest BCUT2D eigenvalue weighted by Crippen LogP contribution is -2.07. The van der Waals surface area contributed by atoms with Crippen molar-refractivity contribution in [1.82, 2.24) is 4.98 Å². The molecule has 0 aromatic carbocycles. The van der Waals surface area contributed by atoms with Crippen LogP contribution in [0.15, 0.2) is 0 Å². The third-order valence-corrected chi connectivity index (χ3v) is 3.14. The molecule has 0 bridgehead atoms. The van der Waals surface area contributed by atoms with Gasteiger partial charge in [0.15, 0.2) is 0 Å². The van der Waals surface area contributed by atoms with Crippen LogP contribution in [0.2, 0.25) is 0 Å². The highest BCUT2D eigenvalue weighted by molar-refractivity contribution is 7.11. The number of hydrogen-bond acceptors (Lipinski definition) is 3. The maximum Gasteiger partial charge on any atom is 0.0929 e. The van der Waals surface area contributed by atoms with E-state index in [0.29, 0.717) is 0 Å². The lowest BCUT2D eigenvalue weighted by Gasteiger charge is -2.08. The summed E-state index contributed by atoms with van der Waals surface area (Å²) in [4.78, 5) is 5.90. The molecule has 0 N–H and O–H groups in total. The van der Waals surface area contributed by atoms with E-state index in [9.17, 15) is 0 Å². The van der Waals surface area contributed by atoms with Crippen molar-refractivity contribution in [2.75, 3.05) is 6.61 Å². The van der Waals surface area contributed by atoms with Crippen LogP contribution in [0.25, 0.3) is 0 Å². The highest BCUT2D eigenvalue weighted by Gasteiger charge is 2.13. The average molecular weight is 169 g/mol. The number of aromatic nitrogens is 1. The largest absolute Gasteiger partial charge is 0.375 e. The van der Waals surface area contributed by atoms with Gasteiger partial charge < -0.3 is 4.74 Å². The van der Waals surface area contributed by atoms with Gasteiger partial charge in [-0.05, 0) is 6.42 Å². The molecule has 0 saturated heterocycles. The SMILES string of the molecule is CCc1nc2c(s1)CCOC2. The molecule has 2 heterocycles. The topological polar surface area (TPSA) is 22.1 Å². The molecule has 0 radical (unpaired) electrons. The van der Waals surface area contributed by atoms with Crippen molar-refractivity contribution < 1.29 is 4.74 Å². The quantitative estimate of drug-likeness (QED) is 0.639. The molecule has 0 spiro atoms. The third-order valence-electron chi connectivity index (χ3n) is 1.84. The summed E-state index contributed by atoms with van der Waals surface area (Å²) in [5.41, 5.74) is 1.18. The van der Waals surface area contributed by atoms with Gasteiger partial charge in [0.05, 0.1) is 23.9 Å². The Kier molecular flexibility index (Phi) is 1.92. The molecule has 0 atom stereocenters. The zero-order chi connectivity index (χ0) is 7.68. The molecule has 2 nitrogen and oxygen atoms in total. The molecular weight excluding hydrogens is 158 g/mol. The van der Waals surface area contributed by atoms with Gasteiger partial charge in [0.25, 0.3) is 0 Å². The second kappa shape index (κ2) is 2.91. The molecule has 1 aromatic rings. The lowest BCUT2D eigenvalue weighted by molar-refractivity contribution is 0.109. The second-order valence-corrected chi connectivity index (χ2v) is 3.80. The van der Waals surface area contributed by atoms with E-state index in [1.165, 1.54) is 15.6 Å². The van der Waals surface area contributed by atoms with Gasteiger partial charge in [-0.2, -0.15) is 0 Å². The third kappa shape index (κ3) is 1.30. The predicted octanol–water partition coefficient (Wildman–Crippen LogP) is 1.78. The van der Waals surface area contributed by atoms with Crippen molar-refractivity contribution >= 4 is 11.3 Å². The standard InChI is InChI=1S/C8H11NOS/c1-2-8-9-6-5-10-4-3-7(6)11-8/h2-5H2,1H3. The van der Waals surface area contributed by atoms with Crippen LogP contribution in [-0.4, -0.2) is 11.6 Å². The Hall–Kier alpha value is -0.410. The molecule has 0 aliphatic carbocycles. The Morgan fingerprint density at radius 2 is 2.55 bits per heavy atom.